The molecule has 1 saturated carbocycles. The number of fused-ring (bicyclic) bond motifs is 2. The number of pyridine rings is 1. The molecule has 1 fully saturated rings. The second-order valence-electron chi connectivity index (χ2n) is 9.12. The molecule has 0 unspecified atom stereocenters. The van der Waals surface area contributed by atoms with Gasteiger partial charge in [-0.3, -0.25) is 9.88 Å². The third-order valence-corrected chi connectivity index (χ3v) is 7.29. The lowest BCUT2D eigenvalue weighted by atomic mass is 9.89. The number of nitrogens with one attached hydrogen (secondary N) is 1. The van der Waals surface area contributed by atoms with E-state index in [2.05, 4.69) is 53.5 Å². The van der Waals surface area contributed by atoms with Crippen molar-refractivity contribution in [1.82, 2.24) is 15.2 Å². The van der Waals surface area contributed by atoms with Crippen LogP contribution < -0.4 is 5.32 Å². The van der Waals surface area contributed by atoms with Crippen LogP contribution in [0.15, 0.2) is 42.6 Å². The van der Waals surface area contributed by atoms with Gasteiger partial charge in [-0.1, -0.05) is 43.7 Å². The summed E-state index contributed by atoms with van der Waals surface area (Å²) in [5.74, 6) is 1.85. The molecule has 2 aliphatic carbocycles. The van der Waals surface area contributed by atoms with E-state index in [0.29, 0.717) is 12.1 Å². The third-order valence-electron chi connectivity index (χ3n) is 7.29. The molecule has 0 saturated heterocycles. The van der Waals surface area contributed by atoms with E-state index in [1.54, 1.807) is 0 Å². The molecule has 1 aromatic carbocycles. The van der Waals surface area contributed by atoms with Crippen molar-refractivity contribution in [3.63, 3.8) is 0 Å². The summed E-state index contributed by atoms with van der Waals surface area (Å²) >= 11 is 0. The van der Waals surface area contributed by atoms with Crippen LogP contribution in [0, 0.1) is 11.8 Å². The molecule has 2 heterocycles. The number of rotatable bonds is 6. The summed E-state index contributed by atoms with van der Waals surface area (Å²) in [6.07, 6.45) is 9.67. The minimum atomic E-state index is 0.502. The summed E-state index contributed by atoms with van der Waals surface area (Å²) in [7, 11) is 0. The van der Waals surface area contributed by atoms with Crippen molar-refractivity contribution in [1.29, 1.82) is 0 Å². The molecular formula is C25H33N3. The normalized spacial score (nSPS) is 28.6. The monoisotopic (exact) mass is 375 g/mol. The van der Waals surface area contributed by atoms with Gasteiger partial charge in [-0.15, -0.1) is 0 Å². The molecule has 1 aliphatic heterocycles. The van der Waals surface area contributed by atoms with Gasteiger partial charge in [0.05, 0.1) is 11.7 Å². The van der Waals surface area contributed by atoms with Gasteiger partial charge in [-0.05, 0) is 66.7 Å². The third kappa shape index (κ3) is 3.75. The van der Waals surface area contributed by atoms with Crippen LogP contribution in [0.1, 0.15) is 61.0 Å². The fourth-order valence-electron chi connectivity index (χ4n) is 5.54. The fourth-order valence-corrected chi connectivity index (χ4v) is 5.54. The van der Waals surface area contributed by atoms with Crippen LogP contribution in [-0.2, 0) is 19.4 Å². The molecule has 0 bridgehead atoms. The van der Waals surface area contributed by atoms with E-state index in [1.807, 2.05) is 6.20 Å². The van der Waals surface area contributed by atoms with E-state index in [0.717, 1.165) is 31.3 Å². The SMILES string of the molecule is CC[C@@H]1C[C@H]1CN(C[C@H]1Cc2ccccc2CN1)[C@H]1CCCc2cccnc21. The van der Waals surface area contributed by atoms with E-state index in [4.69, 9.17) is 4.98 Å². The smallest absolute Gasteiger partial charge is 0.0607 e. The molecule has 0 radical (unpaired) electrons. The Labute approximate surface area is 169 Å². The predicted molar refractivity (Wildman–Crippen MR) is 114 cm³/mol. The highest BCUT2D eigenvalue weighted by Gasteiger charge is 2.39. The van der Waals surface area contributed by atoms with Crippen molar-refractivity contribution in [3.8, 4) is 0 Å². The molecule has 1 N–H and O–H groups in total. The summed E-state index contributed by atoms with van der Waals surface area (Å²) in [4.78, 5) is 7.66. The Kier molecular flexibility index (Phi) is 5.21. The van der Waals surface area contributed by atoms with Crippen LogP contribution in [0.3, 0.4) is 0 Å². The second kappa shape index (κ2) is 7.96. The van der Waals surface area contributed by atoms with E-state index >= 15 is 0 Å². The van der Waals surface area contributed by atoms with E-state index in [9.17, 15) is 0 Å². The van der Waals surface area contributed by atoms with Crippen molar-refractivity contribution in [2.24, 2.45) is 11.8 Å². The minimum absolute atomic E-state index is 0.502. The molecular weight excluding hydrogens is 342 g/mol. The lowest BCUT2D eigenvalue weighted by Crippen LogP contribution is -2.47. The Morgan fingerprint density at radius 3 is 2.75 bits per heavy atom. The Morgan fingerprint density at radius 2 is 1.89 bits per heavy atom. The molecule has 5 rings (SSSR count). The first kappa shape index (κ1) is 18.3. The maximum absolute atomic E-state index is 4.86. The maximum Gasteiger partial charge on any atom is 0.0607 e. The largest absolute Gasteiger partial charge is 0.308 e. The number of aromatic nitrogens is 1. The van der Waals surface area contributed by atoms with Crippen molar-refractivity contribution < 1.29 is 0 Å². The number of hydrogen-bond donors (Lipinski definition) is 1. The van der Waals surface area contributed by atoms with E-state index in [-0.39, 0.29) is 0 Å². The van der Waals surface area contributed by atoms with Gasteiger partial charge in [0.2, 0.25) is 0 Å². The highest BCUT2D eigenvalue weighted by Crippen LogP contribution is 2.44. The van der Waals surface area contributed by atoms with Crippen molar-refractivity contribution in [2.75, 3.05) is 13.1 Å². The fraction of sp³-hybridized carbons (Fsp3) is 0.560. The van der Waals surface area contributed by atoms with Crippen LogP contribution >= 0.6 is 0 Å². The summed E-state index contributed by atoms with van der Waals surface area (Å²) in [6.45, 7) is 5.75. The summed E-state index contributed by atoms with van der Waals surface area (Å²) in [5.41, 5.74) is 5.85. The van der Waals surface area contributed by atoms with Crippen LogP contribution in [0.25, 0.3) is 0 Å². The van der Waals surface area contributed by atoms with E-state index in [1.165, 1.54) is 61.0 Å². The zero-order valence-electron chi connectivity index (χ0n) is 17.1. The van der Waals surface area contributed by atoms with Gasteiger partial charge in [0.15, 0.2) is 0 Å². The van der Waals surface area contributed by atoms with E-state index < -0.39 is 0 Å². The molecule has 3 nitrogen and oxygen atoms in total. The summed E-state index contributed by atoms with van der Waals surface area (Å²) < 4.78 is 0. The highest BCUT2D eigenvalue weighted by atomic mass is 15.2. The zero-order valence-corrected chi connectivity index (χ0v) is 17.1. The van der Waals surface area contributed by atoms with Gasteiger partial charge < -0.3 is 5.32 Å². The lowest BCUT2D eigenvalue weighted by molar-refractivity contribution is 0.144. The van der Waals surface area contributed by atoms with Crippen LogP contribution in [-0.4, -0.2) is 29.0 Å². The van der Waals surface area contributed by atoms with Gasteiger partial charge in [0.25, 0.3) is 0 Å². The van der Waals surface area contributed by atoms with Crippen LogP contribution in [0.4, 0.5) is 0 Å². The van der Waals surface area contributed by atoms with Gasteiger partial charge in [0, 0.05) is 31.9 Å². The topological polar surface area (TPSA) is 28.2 Å². The standard InChI is InChI=1S/C25H33N3/c1-2-18-13-22(18)16-28(24-11-5-9-19-10-6-12-26-25(19)24)17-23-14-20-7-3-4-8-21(20)15-27-23/h3-4,6-8,10,12,18,22-24,27H,2,5,9,11,13-17H2,1H3/t18-,22+,23-,24+/m1/s1. The second-order valence-corrected chi connectivity index (χ2v) is 9.12. The van der Waals surface area contributed by atoms with Gasteiger partial charge >= 0.3 is 0 Å². The molecule has 148 valence electrons. The van der Waals surface area contributed by atoms with Gasteiger partial charge in [-0.2, -0.15) is 0 Å². The number of benzene rings is 1. The summed E-state index contributed by atoms with van der Waals surface area (Å²) in [6, 6.07) is 14.4. The molecule has 0 spiro atoms. The predicted octanol–water partition coefficient (Wildman–Crippen LogP) is 4.52. The van der Waals surface area contributed by atoms with Crippen molar-refractivity contribution in [2.45, 2.75) is 64.1 Å². The van der Waals surface area contributed by atoms with Gasteiger partial charge in [0.1, 0.15) is 0 Å². The van der Waals surface area contributed by atoms with Crippen molar-refractivity contribution >= 4 is 0 Å². The molecule has 0 amide bonds. The first-order chi connectivity index (χ1) is 13.8. The van der Waals surface area contributed by atoms with Crippen LogP contribution in [0.2, 0.25) is 0 Å². The number of aryl methyl sites for hydroxylation is 1. The molecule has 2 aromatic rings. The minimum Gasteiger partial charge on any atom is -0.308 e. The summed E-state index contributed by atoms with van der Waals surface area (Å²) in [5, 5.41) is 3.83. The average Bonchev–Trinajstić information content (AvgIpc) is 3.51. The molecule has 3 heteroatoms. The Hall–Kier alpha value is -1.71. The Balaban J connectivity index is 1.36. The zero-order chi connectivity index (χ0) is 18.9. The molecule has 3 aliphatic rings. The number of hydrogen-bond acceptors (Lipinski definition) is 3. The first-order valence-corrected chi connectivity index (χ1v) is 11.3. The first-order valence-electron chi connectivity index (χ1n) is 11.3. The molecule has 1 aromatic heterocycles. The number of nitrogens with zero attached hydrogens (tertiary/aromatic N) is 2. The van der Waals surface area contributed by atoms with Gasteiger partial charge in [-0.25, -0.2) is 0 Å². The van der Waals surface area contributed by atoms with Crippen LogP contribution in [0.5, 0.6) is 0 Å². The Bertz CT molecular complexity index is 817. The maximum atomic E-state index is 4.86. The van der Waals surface area contributed by atoms with Crippen molar-refractivity contribution in [3.05, 3.63) is 65.0 Å². The molecule has 28 heavy (non-hydrogen) atoms. The average molecular weight is 376 g/mol. The quantitative estimate of drug-likeness (QED) is 0.804. The lowest BCUT2D eigenvalue weighted by Gasteiger charge is -2.38. The molecule has 4 atom stereocenters. The Morgan fingerprint density at radius 1 is 1.04 bits per heavy atom. The highest BCUT2D eigenvalue weighted by molar-refractivity contribution is 5.30.